The quantitative estimate of drug-likeness (QED) is 0.333. The van der Waals surface area contributed by atoms with Gasteiger partial charge < -0.3 is 4.90 Å². The number of nitrogens with two attached hydrogens (primary N) is 1. The summed E-state index contributed by atoms with van der Waals surface area (Å²) in [5.41, 5.74) is 2.82. The van der Waals surface area contributed by atoms with Gasteiger partial charge in [0.15, 0.2) is 0 Å². The molecule has 1 aliphatic heterocycles. The molecule has 1 aliphatic carbocycles. The number of aliphatic imine (C=N–C) groups is 1. The van der Waals surface area contributed by atoms with Crippen LogP contribution in [0, 0.1) is 11.8 Å². The van der Waals surface area contributed by atoms with Crippen molar-refractivity contribution in [2.75, 3.05) is 13.1 Å². The van der Waals surface area contributed by atoms with Crippen LogP contribution in [0.5, 0.6) is 0 Å². The van der Waals surface area contributed by atoms with E-state index in [4.69, 9.17) is 5.84 Å². The van der Waals surface area contributed by atoms with Gasteiger partial charge in [0, 0.05) is 19.1 Å². The number of guanidine groups is 1. The van der Waals surface area contributed by atoms with Gasteiger partial charge in [-0.2, -0.15) is 0 Å². The molecular weight excluding hydrogens is 212 g/mol. The summed E-state index contributed by atoms with van der Waals surface area (Å²) in [7, 11) is 0. The molecule has 0 bridgehead atoms. The zero-order valence-electron chi connectivity index (χ0n) is 11.2. The van der Waals surface area contributed by atoms with Crippen molar-refractivity contribution in [3.63, 3.8) is 0 Å². The fraction of sp³-hybridized carbons (Fsp3) is 0.923. The summed E-state index contributed by atoms with van der Waals surface area (Å²) >= 11 is 0. The third-order valence-corrected chi connectivity index (χ3v) is 4.00. The normalized spacial score (nSPS) is 29.6. The molecule has 2 aliphatic rings. The van der Waals surface area contributed by atoms with Gasteiger partial charge in [0.2, 0.25) is 5.96 Å². The molecule has 1 saturated carbocycles. The van der Waals surface area contributed by atoms with E-state index < -0.39 is 0 Å². The predicted octanol–water partition coefficient (Wildman–Crippen LogP) is 1.73. The number of hydrogen-bond donors (Lipinski definition) is 2. The van der Waals surface area contributed by atoms with Crippen LogP contribution < -0.4 is 11.3 Å². The molecule has 17 heavy (non-hydrogen) atoms. The summed E-state index contributed by atoms with van der Waals surface area (Å²) in [6, 6.07) is 0.686. The molecule has 1 heterocycles. The molecule has 0 spiro atoms. The lowest BCUT2D eigenvalue weighted by Gasteiger charge is -2.39. The summed E-state index contributed by atoms with van der Waals surface area (Å²) in [5, 5.41) is 0. The van der Waals surface area contributed by atoms with Crippen molar-refractivity contribution in [1.82, 2.24) is 10.3 Å². The van der Waals surface area contributed by atoms with Crippen molar-refractivity contribution in [2.45, 2.75) is 52.0 Å². The van der Waals surface area contributed by atoms with E-state index in [2.05, 4.69) is 29.2 Å². The first-order valence-electron chi connectivity index (χ1n) is 7.00. The van der Waals surface area contributed by atoms with Crippen molar-refractivity contribution in [3.8, 4) is 0 Å². The Balaban J connectivity index is 2.04. The fourth-order valence-electron chi connectivity index (χ4n) is 3.21. The van der Waals surface area contributed by atoms with E-state index in [1.54, 1.807) is 0 Å². The molecule has 0 radical (unpaired) electrons. The minimum Gasteiger partial charge on any atom is -0.339 e. The Morgan fingerprint density at radius 1 is 1.35 bits per heavy atom. The zero-order chi connectivity index (χ0) is 12.3. The number of hydrogen-bond acceptors (Lipinski definition) is 2. The van der Waals surface area contributed by atoms with Gasteiger partial charge >= 0.3 is 0 Å². The van der Waals surface area contributed by atoms with Gasteiger partial charge in [0.05, 0.1) is 0 Å². The third-order valence-electron chi connectivity index (χ3n) is 4.00. The first kappa shape index (κ1) is 12.7. The highest BCUT2D eigenvalue weighted by Gasteiger charge is 2.36. The Morgan fingerprint density at radius 3 is 2.82 bits per heavy atom. The lowest BCUT2D eigenvalue weighted by Crippen LogP contribution is -2.53. The van der Waals surface area contributed by atoms with Crippen LogP contribution in [0.2, 0.25) is 0 Å². The highest BCUT2D eigenvalue weighted by Crippen LogP contribution is 2.36. The Kier molecular flexibility index (Phi) is 4.26. The van der Waals surface area contributed by atoms with Gasteiger partial charge in [0.1, 0.15) is 0 Å². The molecule has 2 atom stereocenters. The molecule has 0 aromatic rings. The fourth-order valence-corrected chi connectivity index (χ4v) is 3.21. The number of likely N-dealkylation sites (tertiary alicyclic amines) is 1. The summed E-state index contributed by atoms with van der Waals surface area (Å²) in [5.74, 6) is 8.02. The van der Waals surface area contributed by atoms with Gasteiger partial charge in [-0.3, -0.25) is 10.4 Å². The molecule has 2 fully saturated rings. The van der Waals surface area contributed by atoms with E-state index in [-0.39, 0.29) is 0 Å². The zero-order valence-corrected chi connectivity index (χ0v) is 11.2. The Labute approximate surface area is 105 Å². The minimum atomic E-state index is 0.586. The average Bonchev–Trinajstić information content (AvgIpc) is 2.78. The van der Waals surface area contributed by atoms with Crippen LogP contribution in [-0.4, -0.2) is 30.0 Å². The van der Waals surface area contributed by atoms with E-state index in [0.29, 0.717) is 12.0 Å². The van der Waals surface area contributed by atoms with Crippen molar-refractivity contribution in [1.29, 1.82) is 0 Å². The Hall–Kier alpha value is -0.770. The number of fused-ring (bicyclic) bond motifs is 1. The van der Waals surface area contributed by atoms with E-state index in [1.165, 1.54) is 32.1 Å². The summed E-state index contributed by atoms with van der Waals surface area (Å²) < 4.78 is 0. The lowest BCUT2D eigenvalue weighted by atomic mass is 9.92. The van der Waals surface area contributed by atoms with Gasteiger partial charge in [-0.1, -0.05) is 20.3 Å². The van der Waals surface area contributed by atoms with Crippen LogP contribution in [-0.2, 0) is 0 Å². The van der Waals surface area contributed by atoms with Crippen molar-refractivity contribution in [3.05, 3.63) is 0 Å². The van der Waals surface area contributed by atoms with Gasteiger partial charge in [-0.05, 0) is 37.5 Å². The first-order valence-corrected chi connectivity index (χ1v) is 7.00. The maximum Gasteiger partial charge on any atom is 0.208 e. The molecule has 0 aromatic heterocycles. The van der Waals surface area contributed by atoms with Gasteiger partial charge in [-0.25, -0.2) is 5.84 Å². The summed E-state index contributed by atoms with van der Waals surface area (Å²) in [6.07, 6.45) is 6.75. The molecule has 1 saturated heterocycles. The number of nitrogens with zero attached hydrogens (tertiary/aromatic N) is 2. The highest BCUT2D eigenvalue weighted by atomic mass is 15.4. The molecular formula is C13H26N4. The van der Waals surface area contributed by atoms with Crippen LogP contribution in [0.1, 0.15) is 46.0 Å². The summed E-state index contributed by atoms with van der Waals surface area (Å²) in [6.45, 7) is 6.34. The predicted molar refractivity (Wildman–Crippen MR) is 71.5 cm³/mol. The van der Waals surface area contributed by atoms with Crippen LogP contribution in [0.4, 0.5) is 0 Å². The molecule has 2 unspecified atom stereocenters. The third kappa shape index (κ3) is 2.92. The summed E-state index contributed by atoms with van der Waals surface area (Å²) in [4.78, 5) is 7.05. The topological polar surface area (TPSA) is 53.6 Å². The highest BCUT2D eigenvalue weighted by molar-refractivity contribution is 5.79. The Morgan fingerprint density at radius 2 is 2.12 bits per heavy atom. The Bertz CT molecular complexity index is 275. The monoisotopic (exact) mass is 238 g/mol. The average molecular weight is 238 g/mol. The molecule has 4 heteroatoms. The first-order chi connectivity index (χ1) is 8.22. The van der Waals surface area contributed by atoms with E-state index in [9.17, 15) is 0 Å². The molecule has 0 amide bonds. The second kappa shape index (κ2) is 5.71. The second-order valence-corrected chi connectivity index (χ2v) is 5.80. The van der Waals surface area contributed by atoms with Crippen LogP contribution in [0.3, 0.4) is 0 Å². The van der Waals surface area contributed by atoms with E-state index in [0.717, 1.165) is 25.0 Å². The SMILES string of the molecule is CC(C)CN=C(NN)N1CCCC2CCCC21. The lowest BCUT2D eigenvalue weighted by molar-refractivity contribution is 0.185. The van der Waals surface area contributed by atoms with Crippen LogP contribution >= 0.6 is 0 Å². The second-order valence-electron chi connectivity index (χ2n) is 5.80. The van der Waals surface area contributed by atoms with Crippen molar-refractivity contribution < 1.29 is 0 Å². The largest absolute Gasteiger partial charge is 0.339 e. The van der Waals surface area contributed by atoms with Crippen molar-refractivity contribution in [2.24, 2.45) is 22.7 Å². The maximum atomic E-state index is 5.65. The number of rotatable bonds is 2. The number of hydrazine groups is 1. The minimum absolute atomic E-state index is 0.586. The molecule has 4 nitrogen and oxygen atoms in total. The van der Waals surface area contributed by atoms with Gasteiger partial charge in [-0.15, -0.1) is 0 Å². The molecule has 2 rings (SSSR count). The van der Waals surface area contributed by atoms with Gasteiger partial charge in [0.25, 0.3) is 0 Å². The van der Waals surface area contributed by atoms with E-state index >= 15 is 0 Å². The van der Waals surface area contributed by atoms with Crippen LogP contribution in [0.15, 0.2) is 4.99 Å². The van der Waals surface area contributed by atoms with E-state index in [1.807, 2.05) is 0 Å². The standard InChI is InChI=1S/C13H26N4/c1-10(2)9-15-13(16-14)17-8-4-6-11-5-3-7-12(11)17/h10-12H,3-9,14H2,1-2H3,(H,15,16). The molecule has 0 aromatic carbocycles. The smallest absolute Gasteiger partial charge is 0.208 e. The molecule has 98 valence electrons. The maximum absolute atomic E-state index is 5.65. The van der Waals surface area contributed by atoms with Crippen LogP contribution in [0.25, 0.3) is 0 Å². The molecule has 3 N–H and O–H groups in total. The van der Waals surface area contributed by atoms with Crippen molar-refractivity contribution >= 4 is 5.96 Å². The number of piperidine rings is 1. The number of nitrogens with one attached hydrogen (secondary N) is 1.